The fraction of sp³-hybridized carbons (Fsp3) is 0.367. The average molecular weight is 587 g/mol. The number of halogens is 3. The first kappa shape index (κ1) is 28.6. The number of hydrogen-bond acceptors (Lipinski definition) is 7. The number of amides is 1. The molecule has 216 valence electrons. The van der Waals surface area contributed by atoms with Crippen LogP contribution in [-0.4, -0.2) is 46.9 Å². The molecule has 0 aliphatic carbocycles. The van der Waals surface area contributed by atoms with Gasteiger partial charge < -0.3 is 18.7 Å². The fourth-order valence-corrected chi connectivity index (χ4v) is 5.56. The van der Waals surface area contributed by atoms with Crippen LogP contribution in [0, 0.1) is 11.6 Å². The van der Waals surface area contributed by atoms with Gasteiger partial charge in [-0.3, -0.25) is 4.90 Å². The number of hydrogen-bond donors (Lipinski definition) is 0. The maximum atomic E-state index is 14.2. The van der Waals surface area contributed by atoms with Crippen molar-refractivity contribution in [2.45, 2.75) is 64.3 Å². The molecule has 2 bridgehead atoms. The summed E-state index contributed by atoms with van der Waals surface area (Å²) in [5, 5.41) is 3.41. The Morgan fingerprint density at radius 2 is 1.80 bits per heavy atom. The number of benzene rings is 2. The lowest BCUT2D eigenvalue weighted by atomic mass is 9.88. The second-order valence-corrected chi connectivity index (χ2v) is 11.3. The Morgan fingerprint density at radius 3 is 2.49 bits per heavy atom. The zero-order chi connectivity index (χ0) is 29.5. The van der Waals surface area contributed by atoms with Gasteiger partial charge in [0.05, 0.1) is 29.3 Å². The Balaban J connectivity index is 1.33. The third-order valence-corrected chi connectivity index (χ3v) is 7.42. The first-order chi connectivity index (χ1) is 19.5. The Bertz CT molecular complexity index is 1510. The molecule has 0 spiro atoms. The van der Waals surface area contributed by atoms with E-state index in [1.807, 2.05) is 32.9 Å². The standard InChI is InChI=1S/C30H29ClF2N2O6/c1-30(2,3)40-29(37)35-17-7-12-24(35)25(28(36)38-4)20(13-17)16-5-8-18(9-6-16)39-15-19-14-23(34-41-19)26-21(32)10-11-22(33)27(26)31/h5-6,8-11,14,17,24H,7,12-13,15H2,1-4H3/t17-,24+/m0/s1. The van der Waals surface area contributed by atoms with Gasteiger partial charge in [0, 0.05) is 12.1 Å². The number of methoxy groups -OCH3 is 1. The summed E-state index contributed by atoms with van der Waals surface area (Å²) < 4.78 is 49.8. The molecule has 1 aromatic heterocycles. The van der Waals surface area contributed by atoms with E-state index in [-0.39, 0.29) is 34.7 Å². The number of carbonyl (C=O) groups excluding carboxylic acids is 2. The molecule has 2 aromatic carbocycles. The Labute approximate surface area is 240 Å². The maximum Gasteiger partial charge on any atom is 0.411 e. The quantitative estimate of drug-likeness (QED) is 0.228. The van der Waals surface area contributed by atoms with Gasteiger partial charge >= 0.3 is 12.1 Å². The fourth-order valence-electron chi connectivity index (χ4n) is 5.31. The predicted octanol–water partition coefficient (Wildman–Crippen LogP) is 6.95. The van der Waals surface area contributed by atoms with Crippen molar-refractivity contribution in [1.29, 1.82) is 0 Å². The smallest absolute Gasteiger partial charge is 0.411 e. The summed E-state index contributed by atoms with van der Waals surface area (Å²) >= 11 is 5.92. The van der Waals surface area contributed by atoms with Gasteiger partial charge in [0.25, 0.3) is 0 Å². The highest BCUT2D eigenvalue weighted by molar-refractivity contribution is 6.33. The molecular weight excluding hydrogens is 558 g/mol. The number of aromatic nitrogens is 1. The monoisotopic (exact) mass is 586 g/mol. The topological polar surface area (TPSA) is 91.1 Å². The molecule has 2 aliphatic heterocycles. The normalized spacial score (nSPS) is 18.5. The molecule has 2 aliphatic rings. The van der Waals surface area contributed by atoms with Crippen LogP contribution in [0.25, 0.3) is 16.8 Å². The minimum Gasteiger partial charge on any atom is -0.486 e. The van der Waals surface area contributed by atoms with Crippen LogP contribution in [0.5, 0.6) is 5.75 Å². The molecule has 1 saturated heterocycles. The summed E-state index contributed by atoms with van der Waals surface area (Å²) in [5.74, 6) is -1.17. The van der Waals surface area contributed by atoms with Crippen LogP contribution in [0.4, 0.5) is 13.6 Å². The van der Waals surface area contributed by atoms with E-state index in [4.69, 9.17) is 30.3 Å². The zero-order valence-electron chi connectivity index (χ0n) is 23.0. The Morgan fingerprint density at radius 1 is 1.10 bits per heavy atom. The average Bonchev–Trinajstić information content (AvgIpc) is 3.52. The van der Waals surface area contributed by atoms with Gasteiger partial charge in [-0.2, -0.15) is 0 Å². The first-order valence-electron chi connectivity index (χ1n) is 13.1. The van der Waals surface area contributed by atoms with E-state index in [1.54, 1.807) is 17.0 Å². The summed E-state index contributed by atoms with van der Waals surface area (Å²) in [6.07, 6.45) is 1.44. The summed E-state index contributed by atoms with van der Waals surface area (Å²) in [5.41, 5.74) is 1.31. The number of ether oxygens (including phenoxy) is 3. The van der Waals surface area contributed by atoms with Crippen molar-refractivity contribution in [3.8, 4) is 17.0 Å². The van der Waals surface area contributed by atoms with Crippen molar-refractivity contribution in [3.63, 3.8) is 0 Å². The molecule has 0 N–H and O–H groups in total. The van der Waals surface area contributed by atoms with Gasteiger partial charge in [0.2, 0.25) is 0 Å². The molecule has 0 unspecified atom stereocenters. The molecule has 11 heteroatoms. The first-order valence-corrected chi connectivity index (χ1v) is 13.5. The van der Waals surface area contributed by atoms with Crippen molar-refractivity contribution in [2.75, 3.05) is 7.11 Å². The van der Waals surface area contributed by atoms with Crippen LogP contribution in [0.3, 0.4) is 0 Å². The van der Waals surface area contributed by atoms with Gasteiger partial charge in [-0.1, -0.05) is 28.9 Å². The second-order valence-electron chi connectivity index (χ2n) is 10.9. The summed E-state index contributed by atoms with van der Waals surface area (Å²) in [6, 6.07) is 9.99. The Hall–Kier alpha value is -3.92. The van der Waals surface area contributed by atoms with Crippen LogP contribution in [0.2, 0.25) is 5.02 Å². The molecule has 41 heavy (non-hydrogen) atoms. The summed E-state index contributed by atoms with van der Waals surface area (Å²) in [7, 11) is 1.33. The van der Waals surface area contributed by atoms with Crippen LogP contribution in [-0.2, 0) is 20.9 Å². The van der Waals surface area contributed by atoms with E-state index < -0.39 is 35.3 Å². The van der Waals surface area contributed by atoms with Crippen LogP contribution in [0.1, 0.15) is 51.4 Å². The van der Waals surface area contributed by atoms with Crippen molar-refractivity contribution < 1.29 is 37.1 Å². The largest absolute Gasteiger partial charge is 0.486 e. The third-order valence-electron chi connectivity index (χ3n) is 7.05. The molecular formula is C30H29ClF2N2O6. The lowest BCUT2D eigenvalue weighted by molar-refractivity contribution is -0.136. The maximum absolute atomic E-state index is 14.2. The molecule has 5 rings (SSSR count). The van der Waals surface area contributed by atoms with E-state index in [0.29, 0.717) is 24.2 Å². The van der Waals surface area contributed by atoms with Gasteiger partial charge in [-0.05, 0) is 75.4 Å². The van der Waals surface area contributed by atoms with Crippen molar-refractivity contribution >= 4 is 29.2 Å². The zero-order valence-corrected chi connectivity index (χ0v) is 23.8. The van der Waals surface area contributed by atoms with Crippen LogP contribution in [0.15, 0.2) is 52.6 Å². The highest BCUT2D eigenvalue weighted by atomic mass is 35.5. The molecule has 1 fully saturated rings. The van der Waals surface area contributed by atoms with E-state index in [9.17, 15) is 18.4 Å². The number of fused-ring (bicyclic) bond motifs is 2. The number of nitrogens with zero attached hydrogens (tertiary/aromatic N) is 2. The lowest BCUT2D eigenvalue weighted by Crippen LogP contribution is -2.48. The van der Waals surface area contributed by atoms with Crippen LogP contribution < -0.4 is 4.74 Å². The van der Waals surface area contributed by atoms with Gasteiger partial charge in [0.1, 0.15) is 35.3 Å². The predicted molar refractivity (Wildman–Crippen MR) is 146 cm³/mol. The summed E-state index contributed by atoms with van der Waals surface area (Å²) in [6.45, 7) is 5.41. The Kier molecular flexibility index (Phi) is 7.78. The van der Waals surface area contributed by atoms with Crippen molar-refractivity contribution in [3.05, 3.63) is 76.0 Å². The van der Waals surface area contributed by atoms with Crippen LogP contribution >= 0.6 is 11.6 Å². The lowest BCUT2D eigenvalue weighted by Gasteiger charge is -2.38. The molecule has 0 saturated carbocycles. The van der Waals surface area contributed by atoms with Gasteiger partial charge in [-0.15, -0.1) is 0 Å². The van der Waals surface area contributed by atoms with Gasteiger partial charge in [0.15, 0.2) is 5.76 Å². The third kappa shape index (κ3) is 5.79. The second kappa shape index (κ2) is 11.2. The molecule has 1 amide bonds. The molecule has 3 heterocycles. The van der Waals surface area contributed by atoms with E-state index in [1.165, 1.54) is 13.2 Å². The van der Waals surface area contributed by atoms with Crippen molar-refractivity contribution in [1.82, 2.24) is 10.1 Å². The number of carbonyl (C=O) groups is 2. The highest BCUT2D eigenvalue weighted by Gasteiger charge is 2.48. The minimum absolute atomic E-state index is 0.0218. The molecule has 0 radical (unpaired) electrons. The van der Waals surface area contributed by atoms with Gasteiger partial charge in [-0.25, -0.2) is 18.4 Å². The minimum atomic E-state index is -0.766. The van der Waals surface area contributed by atoms with Crippen molar-refractivity contribution in [2.24, 2.45) is 0 Å². The number of rotatable bonds is 6. The molecule has 8 nitrogen and oxygen atoms in total. The summed E-state index contributed by atoms with van der Waals surface area (Å²) in [4.78, 5) is 27.6. The van der Waals surface area contributed by atoms with E-state index in [2.05, 4.69) is 5.16 Å². The van der Waals surface area contributed by atoms with E-state index in [0.717, 1.165) is 29.7 Å². The highest BCUT2D eigenvalue weighted by Crippen LogP contribution is 2.44. The molecule has 2 atom stereocenters. The SMILES string of the molecule is COC(=O)C1=C(c2ccc(OCc3cc(-c4c(F)ccc(F)c4Cl)no3)cc2)C[C@@H]2CC[C@H]1N2C(=O)OC(C)(C)C. The van der Waals surface area contributed by atoms with E-state index >= 15 is 0 Å². The number of esters is 1. The molecule has 3 aromatic rings.